The standard InChI is InChI=1S/C10H11N3O2/c1-15-6-11-10(14)7-3-2-4-9-8(7)5-12-13-9/h2-5H,6H2,1H3,(H,11,14)(H,12,13). The number of hydrogen-bond acceptors (Lipinski definition) is 3. The summed E-state index contributed by atoms with van der Waals surface area (Å²) in [5.41, 5.74) is 1.44. The van der Waals surface area contributed by atoms with Crippen molar-refractivity contribution in [3.8, 4) is 0 Å². The number of amides is 1. The number of aromatic nitrogens is 2. The molecule has 1 heterocycles. The smallest absolute Gasteiger partial charge is 0.253 e. The van der Waals surface area contributed by atoms with E-state index in [1.165, 1.54) is 7.11 Å². The van der Waals surface area contributed by atoms with Crippen molar-refractivity contribution in [3.63, 3.8) is 0 Å². The number of hydrogen-bond donors (Lipinski definition) is 2. The summed E-state index contributed by atoms with van der Waals surface area (Å²) in [7, 11) is 1.53. The molecule has 0 saturated carbocycles. The van der Waals surface area contributed by atoms with Gasteiger partial charge < -0.3 is 10.1 Å². The molecule has 0 radical (unpaired) electrons. The third-order valence-corrected chi connectivity index (χ3v) is 2.11. The van der Waals surface area contributed by atoms with Crippen LogP contribution in [0.5, 0.6) is 0 Å². The van der Waals surface area contributed by atoms with E-state index in [0.29, 0.717) is 5.56 Å². The van der Waals surface area contributed by atoms with Crippen molar-refractivity contribution in [2.75, 3.05) is 13.8 Å². The Hall–Kier alpha value is -1.88. The molecule has 1 aromatic heterocycles. The summed E-state index contributed by atoms with van der Waals surface area (Å²) >= 11 is 0. The van der Waals surface area contributed by atoms with Gasteiger partial charge in [-0.25, -0.2) is 0 Å². The van der Waals surface area contributed by atoms with Crippen molar-refractivity contribution in [1.82, 2.24) is 15.5 Å². The molecule has 78 valence electrons. The summed E-state index contributed by atoms with van der Waals surface area (Å²) in [5.74, 6) is -0.163. The van der Waals surface area contributed by atoms with Crippen LogP contribution in [0.15, 0.2) is 24.4 Å². The predicted octanol–water partition coefficient (Wildman–Crippen LogP) is 0.897. The highest BCUT2D eigenvalue weighted by atomic mass is 16.5. The third-order valence-electron chi connectivity index (χ3n) is 2.11. The summed E-state index contributed by atoms with van der Waals surface area (Å²) in [6, 6.07) is 5.43. The maximum atomic E-state index is 11.7. The van der Waals surface area contributed by atoms with Gasteiger partial charge in [-0.05, 0) is 12.1 Å². The molecule has 0 fully saturated rings. The number of aromatic amines is 1. The van der Waals surface area contributed by atoms with Crippen LogP contribution in [0.3, 0.4) is 0 Å². The fraction of sp³-hybridized carbons (Fsp3) is 0.200. The average Bonchev–Trinajstić information content (AvgIpc) is 2.73. The van der Waals surface area contributed by atoms with Crippen LogP contribution in [0, 0.1) is 0 Å². The van der Waals surface area contributed by atoms with Gasteiger partial charge in [-0.3, -0.25) is 9.89 Å². The first kappa shape index (κ1) is 9.67. The van der Waals surface area contributed by atoms with Crippen LogP contribution in [0.1, 0.15) is 10.4 Å². The Kier molecular flexibility index (Phi) is 2.64. The Labute approximate surface area is 86.4 Å². The monoisotopic (exact) mass is 205 g/mol. The zero-order valence-corrected chi connectivity index (χ0v) is 8.28. The van der Waals surface area contributed by atoms with Gasteiger partial charge in [0.05, 0.1) is 17.3 Å². The zero-order valence-electron chi connectivity index (χ0n) is 8.28. The molecule has 2 rings (SSSR count). The van der Waals surface area contributed by atoms with E-state index in [9.17, 15) is 4.79 Å². The van der Waals surface area contributed by atoms with Gasteiger partial charge in [-0.2, -0.15) is 5.10 Å². The van der Waals surface area contributed by atoms with Crippen LogP contribution in [0.25, 0.3) is 10.9 Å². The summed E-state index contributed by atoms with van der Waals surface area (Å²) in [6.07, 6.45) is 1.64. The number of ether oxygens (including phenoxy) is 1. The van der Waals surface area contributed by atoms with Gasteiger partial charge in [0.2, 0.25) is 0 Å². The fourth-order valence-electron chi connectivity index (χ4n) is 1.40. The molecule has 0 unspecified atom stereocenters. The van der Waals surface area contributed by atoms with Gasteiger partial charge in [0.25, 0.3) is 5.91 Å². The number of rotatable bonds is 3. The van der Waals surface area contributed by atoms with E-state index < -0.39 is 0 Å². The first-order valence-corrected chi connectivity index (χ1v) is 4.52. The molecule has 0 spiro atoms. The molecule has 0 aliphatic heterocycles. The quantitative estimate of drug-likeness (QED) is 0.731. The number of nitrogens with one attached hydrogen (secondary N) is 2. The molecule has 0 saturated heterocycles. The minimum absolute atomic E-state index is 0.163. The largest absolute Gasteiger partial charge is 0.364 e. The first-order valence-electron chi connectivity index (χ1n) is 4.52. The molecule has 15 heavy (non-hydrogen) atoms. The highest BCUT2D eigenvalue weighted by Crippen LogP contribution is 2.15. The van der Waals surface area contributed by atoms with Crippen molar-refractivity contribution >= 4 is 16.8 Å². The van der Waals surface area contributed by atoms with Gasteiger partial charge in [-0.1, -0.05) is 6.07 Å². The van der Waals surface area contributed by atoms with E-state index in [0.717, 1.165) is 10.9 Å². The highest BCUT2D eigenvalue weighted by molar-refractivity contribution is 6.05. The normalized spacial score (nSPS) is 10.5. The van der Waals surface area contributed by atoms with Crippen LogP contribution in [0.4, 0.5) is 0 Å². The van der Waals surface area contributed by atoms with E-state index in [2.05, 4.69) is 15.5 Å². The summed E-state index contributed by atoms with van der Waals surface area (Å²) in [4.78, 5) is 11.7. The van der Waals surface area contributed by atoms with Crippen molar-refractivity contribution < 1.29 is 9.53 Å². The number of benzene rings is 1. The molecule has 5 nitrogen and oxygen atoms in total. The molecule has 2 N–H and O–H groups in total. The van der Waals surface area contributed by atoms with Crippen molar-refractivity contribution in [1.29, 1.82) is 0 Å². The SMILES string of the molecule is COCNC(=O)c1cccc2[nH]ncc12. The van der Waals surface area contributed by atoms with Crippen LogP contribution in [0.2, 0.25) is 0 Å². The molecule has 5 heteroatoms. The van der Waals surface area contributed by atoms with E-state index in [1.54, 1.807) is 12.3 Å². The minimum atomic E-state index is -0.163. The molecule has 0 bridgehead atoms. The van der Waals surface area contributed by atoms with E-state index in [4.69, 9.17) is 4.74 Å². The second-order valence-corrected chi connectivity index (χ2v) is 3.08. The molecular weight excluding hydrogens is 194 g/mol. The highest BCUT2D eigenvalue weighted by Gasteiger charge is 2.09. The summed E-state index contributed by atoms with van der Waals surface area (Å²) < 4.78 is 4.77. The van der Waals surface area contributed by atoms with Crippen molar-refractivity contribution in [3.05, 3.63) is 30.0 Å². The molecule has 2 aromatic rings. The van der Waals surface area contributed by atoms with Gasteiger partial charge in [0.1, 0.15) is 6.73 Å². The van der Waals surface area contributed by atoms with Gasteiger partial charge in [0.15, 0.2) is 0 Å². The van der Waals surface area contributed by atoms with E-state index >= 15 is 0 Å². The zero-order chi connectivity index (χ0) is 10.7. The maximum absolute atomic E-state index is 11.7. The molecule has 0 aliphatic rings. The number of H-pyrrole nitrogens is 1. The van der Waals surface area contributed by atoms with E-state index in [1.807, 2.05) is 12.1 Å². The molecule has 1 aromatic carbocycles. The predicted molar refractivity (Wildman–Crippen MR) is 55.4 cm³/mol. The Morgan fingerprint density at radius 1 is 1.60 bits per heavy atom. The summed E-state index contributed by atoms with van der Waals surface area (Å²) in [5, 5.41) is 10.1. The average molecular weight is 205 g/mol. The second-order valence-electron chi connectivity index (χ2n) is 3.08. The van der Waals surface area contributed by atoms with Crippen LogP contribution >= 0.6 is 0 Å². The van der Waals surface area contributed by atoms with E-state index in [-0.39, 0.29) is 12.6 Å². The lowest BCUT2D eigenvalue weighted by atomic mass is 10.1. The first-order chi connectivity index (χ1) is 7.33. The molecule has 1 amide bonds. The number of nitrogens with zero attached hydrogens (tertiary/aromatic N) is 1. The fourth-order valence-corrected chi connectivity index (χ4v) is 1.40. The Morgan fingerprint density at radius 3 is 3.27 bits per heavy atom. The van der Waals surface area contributed by atoms with Gasteiger partial charge in [-0.15, -0.1) is 0 Å². The maximum Gasteiger partial charge on any atom is 0.253 e. The van der Waals surface area contributed by atoms with Crippen LogP contribution < -0.4 is 5.32 Å². The van der Waals surface area contributed by atoms with Gasteiger partial charge in [0, 0.05) is 12.5 Å². The van der Waals surface area contributed by atoms with Crippen molar-refractivity contribution in [2.45, 2.75) is 0 Å². The number of carbonyl (C=O) groups excluding carboxylic acids is 1. The third kappa shape index (κ3) is 1.82. The van der Waals surface area contributed by atoms with Crippen LogP contribution in [-0.2, 0) is 4.74 Å². The topological polar surface area (TPSA) is 67.0 Å². The molecular formula is C10H11N3O2. The lowest BCUT2D eigenvalue weighted by Gasteiger charge is -2.04. The second kappa shape index (κ2) is 4.10. The Balaban J connectivity index is 2.34. The summed E-state index contributed by atoms with van der Waals surface area (Å²) in [6.45, 7) is 0.201. The Morgan fingerprint density at radius 2 is 2.47 bits per heavy atom. The van der Waals surface area contributed by atoms with Gasteiger partial charge >= 0.3 is 0 Å². The number of fused-ring (bicyclic) bond motifs is 1. The number of carbonyl (C=O) groups is 1. The number of methoxy groups -OCH3 is 1. The van der Waals surface area contributed by atoms with Crippen molar-refractivity contribution in [2.24, 2.45) is 0 Å². The van der Waals surface area contributed by atoms with Crippen LogP contribution in [-0.4, -0.2) is 29.9 Å². The Bertz CT molecular complexity index is 478. The molecule has 0 aliphatic carbocycles. The minimum Gasteiger partial charge on any atom is -0.364 e. The lowest BCUT2D eigenvalue weighted by molar-refractivity contribution is 0.0874. The molecule has 0 atom stereocenters. The lowest BCUT2D eigenvalue weighted by Crippen LogP contribution is -2.25.